The van der Waals surface area contributed by atoms with E-state index < -0.39 is 68.0 Å². The van der Waals surface area contributed by atoms with Gasteiger partial charge in [0.2, 0.25) is 6.29 Å². The van der Waals surface area contributed by atoms with Crippen LogP contribution in [0.3, 0.4) is 0 Å². The zero-order valence-electron chi connectivity index (χ0n) is 26.1. The Morgan fingerprint density at radius 3 is 1.87 bits per heavy atom. The lowest BCUT2D eigenvalue weighted by molar-refractivity contribution is -0.318. The topological polar surface area (TPSA) is 215 Å². The van der Waals surface area contributed by atoms with Crippen LogP contribution in [0.25, 0.3) is 0 Å². The quantitative estimate of drug-likeness (QED) is 0.180. The number of phenols is 1. The van der Waals surface area contributed by atoms with Crippen LogP contribution in [0, 0.1) is 11.8 Å². The smallest absolute Gasteiger partial charge is 0.229 e. The van der Waals surface area contributed by atoms with Crippen LogP contribution in [0.2, 0.25) is 0 Å². The third-order valence-corrected chi connectivity index (χ3v) is 9.46. The third kappa shape index (κ3) is 6.50. The molecule has 4 aliphatic heterocycles. The second kappa shape index (κ2) is 14.0. The monoisotopic (exact) mass is 666 g/mol. The molecule has 0 aromatic heterocycles. The fourth-order valence-electron chi connectivity index (χ4n) is 6.68. The maximum Gasteiger partial charge on any atom is 0.229 e. The van der Waals surface area contributed by atoms with Crippen molar-refractivity contribution in [2.45, 2.75) is 80.5 Å². The highest BCUT2D eigenvalue weighted by Gasteiger charge is 2.49. The first-order valence-corrected chi connectivity index (χ1v) is 15.5. The van der Waals surface area contributed by atoms with Crippen LogP contribution < -0.4 is 14.2 Å². The van der Waals surface area contributed by atoms with Crippen LogP contribution >= 0.6 is 0 Å². The lowest BCUT2D eigenvalue weighted by atomic mass is 9.85. The molecule has 15 heteroatoms. The molecule has 2 aromatic carbocycles. The van der Waals surface area contributed by atoms with Gasteiger partial charge in [-0.05, 0) is 42.3 Å². The lowest BCUT2D eigenvalue weighted by Gasteiger charge is -2.42. The molecule has 47 heavy (non-hydrogen) atoms. The first-order chi connectivity index (χ1) is 22.5. The van der Waals surface area contributed by atoms with E-state index in [1.54, 1.807) is 30.3 Å². The van der Waals surface area contributed by atoms with Crippen molar-refractivity contribution in [3.8, 4) is 23.0 Å². The molecule has 0 aliphatic carbocycles. The first-order valence-electron chi connectivity index (χ1n) is 15.5. The summed E-state index contributed by atoms with van der Waals surface area (Å²) in [5.41, 5.74) is 1.70. The maximum atomic E-state index is 10.7. The summed E-state index contributed by atoms with van der Waals surface area (Å²) in [5, 5.41) is 72.0. The minimum absolute atomic E-state index is 0.0381. The summed E-state index contributed by atoms with van der Waals surface area (Å²) in [7, 11) is 2.94. The van der Waals surface area contributed by atoms with E-state index in [2.05, 4.69) is 0 Å². The predicted octanol–water partition coefficient (Wildman–Crippen LogP) is -0.485. The van der Waals surface area contributed by atoms with Gasteiger partial charge in [0.1, 0.15) is 42.7 Å². The predicted molar refractivity (Wildman–Crippen MR) is 158 cm³/mol. The summed E-state index contributed by atoms with van der Waals surface area (Å²) in [4.78, 5) is 0. The van der Waals surface area contributed by atoms with Gasteiger partial charge in [-0.15, -0.1) is 0 Å². The number of fused-ring (bicyclic) bond motifs is 1. The van der Waals surface area contributed by atoms with Crippen molar-refractivity contribution in [3.63, 3.8) is 0 Å². The van der Waals surface area contributed by atoms with E-state index >= 15 is 0 Å². The van der Waals surface area contributed by atoms with Crippen LogP contribution in [0.4, 0.5) is 0 Å². The van der Waals surface area contributed by atoms with Crippen molar-refractivity contribution >= 4 is 0 Å². The SMILES string of the molecule is COc1cc([C@@H]2OC[C@@H]3[C@@H]2CO[C@H]3c2ccc(O[C@@H]3O[C@@H](CO[C@@H]4O[C@H](C)[C@H](O)[C@@H](O)[C@H]4O)[C@@H](O)[C@H](O)[C@H]3O)c(OC)c2)ccc1O. The second-order valence-electron chi connectivity index (χ2n) is 12.3. The van der Waals surface area contributed by atoms with Crippen LogP contribution in [-0.4, -0.2) is 131 Å². The van der Waals surface area contributed by atoms with Gasteiger partial charge in [0.15, 0.2) is 29.3 Å². The molecule has 4 aliphatic rings. The maximum absolute atomic E-state index is 10.7. The number of aromatic hydroxyl groups is 1. The van der Waals surface area contributed by atoms with E-state index in [4.69, 9.17) is 37.9 Å². The molecule has 15 nitrogen and oxygen atoms in total. The molecule has 4 heterocycles. The van der Waals surface area contributed by atoms with Crippen LogP contribution in [-0.2, 0) is 23.7 Å². The van der Waals surface area contributed by atoms with E-state index in [1.807, 2.05) is 6.07 Å². The van der Waals surface area contributed by atoms with Crippen molar-refractivity contribution in [1.82, 2.24) is 0 Å². The van der Waals surface area contributed by atoms with Gasteiger partial charge in [-0.25, -0.2) is 0 Å². The Labute approximate surface area is 270 Å². The van der Waals surface area contributed by atoms with Gasteiger partial charge in [-0.3, -0.25) is 0 Å². The highest BCUT2D eigenvalue weighted by Crippen LogP contribution is 2.51. The van der Waals surface area contributed by atoms with Crippen LogP contribution in [0.15, 0.2) is 36.4 Å². The molecule has 0 radical (unpaired) electrons. The number of hydrogen-bond donors (Lipinski definition) is 7. The Balaban J connectivity index is 1.12. The summed E-state index contributed by atoms with van der Waals surface area (Å²) in [6, 6.07) is 10.3. The molecule has 14 atom stereocenters. The molecule has 4 fully saturated rings. The number of hydrogen-bond acceptors (Lipinski definition) is 15. The van der Waals surface area contributed by atoms with Crippen molar-refractivity contribution in [1.29, 1.82) is 0 Å². The zero-order valence-corrected chi connectivity index (χ0v) is 26.1. The number of phenolic OH excluding ortho intramolecular Hbond substituents is 1. The molecular weight excluding hydrogens is 624 g/mol. The van der Waals surface area contributed by atoms with E-state index in [0.29, 0.717) is 24.7 Å². The molecule has 0 saturated carbocycles. The van der Waals surface area contributed by atoms with Crippen molar-refractivity contribution < 1.29 is 73.6 Å². The van der Waals surface area contributed by atoms with Gasteiger partial charge in [-0.1, -0.05) is 12.1 Å². The summed E-state index contributed by atoms with van der Waals surface area (Å²) in [6.45, 7) is 1.99. The van der Waals surface area contributed by atoms with Crippen LogP contribution in [0.1, 0.15) is 30.3 Å². The summed E-state index contributed by atoms with van der Waals surface area (Å²) in [5.74, 6) is 1.00. The highest BCUT2D eigenvalue weighted by molar-refractivity contribution is 5.45. The Kier molecular flexibility index (Phi) is 10.1. The van der Waals surface area contributed by atoms with Crippen molar-refractivity contribution in [2.24, 2.45) is 11.8 Å². The highest BCUT2D eigenvalue weighted by atomic mass is 16.7. The van der Waals surface area contributed by atoms with Gasteiger partial charge in [0.25, 0.3) is 0 Å². The molecule has 0 unspecified atom stereocenters. The van der Waals surface area contributed by atoms with E-state index in [9.17, 15) is 35.7 Å². The number of benzene rings is 2. The largest absolute Gasteiger partial charge is 0.504 e. The van der Waals surface area contributed by atoms with E-state index in [1.165, 1.54) is 21.1 Å². The van der Waals surface area contributed by atoms with E-state index in [0.717, 1.165) is 11.1 Å². The standard InChI is InChI=1S/C32H42O15/c1-13-23(34)25(36)27(38)31(45-13)44-12-22-24(35)26(37)28(39)32(47-22)46-19-7-5-15(9-21(19)41-3)30-17-11-42-29(16(17)10-43-30)14-4-6-18(33)20(8-14)40-2/h4-9,13,16-17,22-39H,10-12H2,1-3H3/t13-,16+,17-,22+,23+,24-,25-,26+,27-,28-,29+,30+,31-,32-/m1/s1. The Hall–Kier alpha value is -2.80. The van der Waals surface area contributed by atoms with Gasteiger partial charge in [0.05, 0.1) is 52.4 Å². The Morgan fingerprint density at radius 1 is 0.660 bits per heavy atom. The number of aliphatic hydroxyl groups is 6. The van der Waals surface area contributed by atoms with Gasteiger partial charge in [0, 0.05) is 11.8 Å². The zero-order chi connectivity index (χ0) is 33.6. The minimum Gasteiger partial charge on any atom is -0.504 e. The average molecular weight is 667 g/mol. The summed E-state index contributed by atoms with van der Waals surface area (Å²) >= 11 is 0. The minimum atomic E-state index is -1.68. The number of methoxy groups -OCH3 is 2. The lowest BCUT2D eigenvalue weighted by Crippen LogP contribution is -2.61. The molecule has 260 valence electrons. The van der Waals surface area contributed by atoms with Crippen LogP contribution in [0.5, 0.6) is 23.0 Å². The van der Waals surface area contributed by atoms with Gasteiger partial charge >= 0.3 is 0 Å². The molecule has 0 bridgehead atoms. The third-order valence-electron chi connectivity index (χ3n) is 9.46. The average Bonchev–Trinajstić information content (AvgIpc) is 3.69. The second-order valence-corrected chi connectivity index (χ2v) is 12.3. The van der Waals surface area contributed by atoms with E-state index in [-0.39, 0.29) is 35.5 Å². The van der Waals surface area contributed by atoms with Gasteiger partial charge < -0.3 is 73.6 Å². The number of aliphatic hydroxyl groups excluding tert-OH is 6. The van der Waals surface area contributed by atoms with Gasteiger partial charge in [-0.2, -0.15) is 0 Å². The van der Waals surface area contributed by atoms with Crippen molar-refractivity contribution in [2.75, 3.05) is 34.0 Å². The first kappa shape index (κ1) is 34.1. The molecule has 2 aromatic rings. The molecule has 6 rings (SSSR count). The fraction of sp³-hybridized carbons (Fsp3) is 0.625. The normalized spacial score (nSPS) is 40.2. The Morgan fingerprint density at radius 2 is 1.23 bits per heavy atom. The molecule has 0 spiro atoms. The fourth-order valence-corrected chi connectivity index (χ4v) is 6.68. The van der Waals surface area contributed by atoms with Crippen molar-refractivity contribution in [3.05, 3.63) is 47.5 Å². The Bertz CT molecular complexity index is 1380. The summed E-state index contributed by atoms with van der Waals surface area (Å²) < 4.78 is 45.9. The molecule has 0 amide bonds. The summed E-state index contributed by atoms with van der Waals surface area (Å²) in [6.07, 6.45) is -14.8. The molecule has 7 N–H and O–H groups in total. The molecular formula is C32H42O15. The number of rotatable bonds is 9. The number of ether oxygens (including phenoxy) is 8. The molecule has 4 saturated heterocycles.